The third kappa shape index (κ3) is 1.72. The molecule has 6 nitrogen and oxygen atoms in total. The lowest BCUT2D eigenvalue weighted by Gasteiger charge is -2.14. The number of halogens is 1. The van der Waals surface area contributed by atoms with E-state index in [1.807, 2.05) is 6.07 Å². The molecule has 0 saturated carbocycles. The first kappa shape index (κ1) is 11.4. The second-order valence-corrected chi connectivity index (χ2v) is 4.79. The van der Waals surface area contributed by atoms with E-state index in [1.54, 1.807) is 12.1 Å². The lowest BCUT2D eigenvalue weighted by Crippen LogP contribution is -2.28. The summed E-state index contributed by atoms with van der Waals surface area (Å²) in [4.78, 5) is 17.3. The van der Waals surface area contributed by atoms with Gasteiger partial charge in [-0.25, -0.2) is 0 Å². The van der Waals surface area contributed by atoms with Gasteiger partial charge in [0.05, 0.1) is 12.2 Å². The molecule has 0 bridgehead atoms. The largest absolute Gasteiger partial charge is 0.378 e. The molecule has 92 valence electrons. The van der Waals surface area contributed by atoms with Crippen LogP contribution in [0.15, 0.2) is 33.6 Å². The van der Waals surface area contributed by atoms with E-state index in [0.29, 0.717) is 17.1 Å². The van der Waals surface area contributed by atoms with Gasteiger partial charge in [0.25, 0.3) is 5.91 Å². The van der Waals surface area contributed by atoms with Crippen molar-refractivity contribution in [2.24, 2.45) is 0 Å². The molecule has 7 heteroatoms. The Morgan fingerprint density at radius 3 is 3.06 bits per heavy atom. The predicted octanol–water partition coefficient (Wildman–Crippen LogP) is 1.41. The average molecular weight is 310 g/mol. The van der Waals surface area contributed by atoms with Crippen LogP contribution >= 0.6 is 15.9 Å². The van der Waals surface area contributed by atoms with Crippen LogP contribution in [0.4, 0.5) is 5.69 Å². The van der Waals surface area contributed by atoms with Crippen molar-refractivity contribution < 1.29 is 14.4 Å². The number of hydrogen-bond acceptors (Lipinski definition) is 5. The van der Waals surface area contributed by atoms with Crippen LogP contribution in [0.2, 0.25) is 0 Å². The standard InChI is InChI=1S/C11H8BrN3O3/c12-6-1-2-8-7(3-6)10(16)11(17)15(8)4-9-13-5-18-14-9/h1-3,5,10,16H,4H2/t10-/m1/s1. The van der Waals surface area contributed by atoms with E-state index in [2.05, 4.69) is 30.6 Å². The molecule has 1 amide bonds. The summed E-state index contributed by atoms with van der Waals surface area (Å²) in [7, 11) is 0. The fourth-order valence-electron chi connectivity index (χ4n) is 1.96. The van der Waals surface area contributed by atoms with Gasteiger partial charge in [0, 0.05) is 10.0 Å². The van der Waals surface area contributed by atoms with Gasteiger partial charge >= 0.3 is 0 Å². The number of amides is 1. The van der Waals surface area contributed by atoms with Gasteiger partial charge in [0.2, 0.25) is 6.39 Å². The molecule has 0 fully saturated rings. The van der Waals surface area contributed by atoms with E-state index in [0.717, 1.165) is 4.47 Å². The van der Waals surface area contributed by atoms with E-state index in [9.17, 15) is 9.90 Å². The molecule has 1 aliphatic rings. The molecule has 0 spiro atoms. The SMILES string of the molecule is O=C1[C@H](O)c2cc(Br)ccc2N1Cc1ncon1. The lowest BCUT2D eigenvalue weighted by atomic mass is 10.1. The number of aliphatic hydroxyl groups excluding tert-OH is 1. The molecule has 1 atom stereocenters. The summed E-state index contributed by atoms with van der Waals surface area (Å²) in [6.45, 7) is 0.182. The molecular formula is C11H8BrN3O3. The number of aromatic nitrogens is 2. The number of rotatable bonds is 2. The van der Waals surface area contributed by atoms with Gasteiger partial charge in [0.1, 0.15) is 0 Å². The molecule has 18 heavy (non-hydrogen) atoms. The molecule has 3 rings (SSSR count). The monoisotopic (exact) mass is 309 g/mol. The first-order valence-corrected chi connectivity index (χ1v) is 6.00. The normalized spacial score (nSPS) is 18.2. The summed E-state index contributed by atoms with van der Waals surface area (Å²) in [6.07, 6.45) is 0.0684. The zero-order chi connectivity index (χ0) is 12.7. The third-order valence-corrected chi connectivity index (χ3v) is 3.27. The van der Waals surface area contributed by atoms with Crippen LogP contribution < -0.4 is 4.90 Å². The minimum Gasteiger partial charge on any atom is -0.378 e. The smallest absolute Gasteiger partial charge is 0.260 e. The van der Waals surface area contributed by atoms with Crippen molar-refractivity contribution in [3.8, 4) is 0 Å². The van der Waals surface area contributed by atoms with Gasteiger partial charge in [-0.15, -0.1) is 0 Å². The van der Waals surface area contributed by atoms with E-state index in [4.69, 9.17) is 0 Å². The van der Waals surface area contributed by atoms with Gasteiger partial charge < -0.3 is 14.5 Å². The number of fused-ring (bicyclic) bond motifs is 1. The highest BCUT2D eigenvalue weighted by molar-refractivity contribution is 9.10. The molecular weight excluding hydrogens is 302 g/mol. The van der Waals surface area contributed by atoms with Gasteiger partial charge in [-0.05, 0) is 18.2 Å². The first-order chi connectivity index (χ1) is 8.66. The maximum Gasteiger partial charge on any atom is 0.260 e. The number of hydrogen-bond donors (Lipinski definition) is 1. The fourth-order valence-corrected chi connectivity index (χ4v) is 2.33. The van der Waals surface area contributed by atoms with Gasteiger partial charge in [0.15, 0.2) is 11.9 Å². The van der Waals surface area contributed by atoms with Crippen molar-refractivity contribution in [2.45, 2.75) is 12.6 Å². The number of aliphatic hydroxyl groups is 1. The van der Waals surface area contributed by atoms with E-state index < -0.39 is 6.10 Å². The summed E-state index contributed by atoms with van der Waals surface area (Å²) >= 11 is 3.31. The van der Waals surface area contributed by atoms with Crippen LogP contribution in [0.3, 0.4) is 0 Å². The average Bonchev–Trinajstić information content (AvgIpc) is 2.94. The minimum atomic E-state index is -1.13. The van der Waals surface area contributed by atoms with Crippen LogP contribution in [0, 0.1) is 0 Å². The van der Waals surface area contributed by atoms with E-state index in [-0.39, 0.29) is 12.5 Å². The second kappa shape index (κ2) is 4.18. The molecule has 2 heterocycles. The van der Waals surface area contributed by atoms with Crippen LogP contribution in [0.25, 0.3) is 0 Å². The van der Waals surface area contributed by atoms with Crippen molar-refractivity contribution in [1.82, 2.24) is 10.1 Å². The van der Waals surface area contributed by atoms with Gasteiger partial charge in [-0.3, -0.25) is 4.79 Å². The quantitative estimate of drug-likeness (QED) is 0.907. The number of nitrogens with zero attached hydrogens (tertiary/aromatic N) is 3. The zero-order valence-corrected chi connectivity index (χ0v) is 10.7. The van der Waals surface area contributed by atoms with Crippen LogP contribution in [-0.4, -0.2) is 21.2 Å². The van der Waals surface area contributed by atoms with Crippen LogP contribution in [0.5, 0.6) is 0 Å². The highest BCUT2D eigenvalue weighted by atomic mass is 79.9. The Morgan fingerprint density at radius 1 is 1.50 bits per heavy atom. The second-order valence-electron chi connectivity index (χ2n) is 3.88. The molecule has 1 aromatic carbocycles. The molecule has 1 aromatic heterocycles. The number of carbonyl (C=O) groups is 1. The third-order valence-electron chi connectivity index (χ3n) is 2.78. The highest BCUT2D eigenvalue weighted by Gasteiger charge is 2.36. The highest BCUT2D eigenvalue weighted by Crippen LogP contribution is 2.38. The van der Waals surface area contributed by atoms with Crippen molar-refractivity contribution in [3.63, 3.8) is 0 Å². The maximum atomic E-state index is 12.0. The molecule has 0 saturated heterocycles. The topological polar surface area (TPSA) is 79.5 Å². The summed E-state index contributed by atoms with van der Waals surface area (Å²) < 4.78 is 5.44. The Hall–Kier alpha value is -1.73. The summed E-state index contributed by atoms with van der Waals surface area (Å²) in [6, 6.07) is 5.31. The van der Waals surface area contributed by atoms with Gasteiger partial charge in [-0.2, -0.15) is 4.98 Å². The Kier molecular flexibility index (Phi) is 2.64. The predicted molar refractivity (Wildman–Crippen MR) is 64.6 cm³/mol. The summed E-state index contributed by atoms with van der Waals surface area (Å²) in [5.41, 5.74) is 1.25. The van der Waals surface area contributed by atoms with Crippen LogP contribution in [0.1, 0.15) is 17.5 Å². The Balaban J connectivity index is 1.99. The number of carbonyl (C=O) groups excluding carboxylic acids is 1. The molecule has 2 aromatic rings. The number of anilines is 1. The first-order valence-electron chi connectivity index (χ1n) is 5.21. The lowest BCUT2D eigenvalue weighted by molar-refractivity contribution is -0.125. The molecule has 0 radical (unpaired) electrons. The molecule has 0 unspecified atom stereocenters. The van der Waals surface area contributed by atoms with E-state index in [1.165, 1.54) is 11.3 Å². The summed E-state index contributed by atoms with van der Waals surface area (Å²) in [5.74, 6) is 0.0132. The van der Waals surface area contributed by atoms with Crippen molar-refractivity contribution in [3.05, 3.63) is 40.5 Å². The summed E-state index contributed by atoms with van der Waals surface area (Å²) in [5, 5.41) is 13.6. The molecule has 0 aliphatic carbocycles. The van der Waals surface area contributed by atoms with E-state index >= 15 is 0 Å². The Bertz CT molecular complexity index is 600. The number of benzene rings is 1. The molecule has 1 aliphatic heterocycles. The Labute approximate surface area is 110 Å². The van der Waals surface area contributed by atoms with Crippen molar-refractivity contribution >= 4 is 27.5 Å². The van der Waals surface area contributed by atoms with Crippen molar-refractivity contribution in [1.29, 1.82) is 0 Å². The van der Waals surface area contributed by atoms with Crippen molar-refractivity contribution in [2.75, 3.05) is 4.90 Å². The molecule has 1 N–H and O–H groups in total. The Morgan fingerprint density at radius 2 is 2.33 bits per heavy atom. The maximum absolute atomic E-state index is 12.0. The minimum absolute atomic E-state index is 0.182. The fraction of sp³-hybridized carbons (Fsp3) is 0.182. The van der Waals surface area contributed by atoms with Gasteiger partial charge in [-0.1, -0.05) is 21.1 Å². The zero-order valence-electron chi connectivity index (χ0n) is 9.08. The van der Waals surface area contributed by atoms with Crippen LogP contribution in [-0.2, 0) is 11.3 Å².